The standard InChI is InChI=1S/C17H18ClFN4O/c18-14-9-12(1-2-15(14)19)10-22-17(24)13-3-7-23(8-4-13)16-11-20-5-6-21-16/h1-2,5-6,9,11,13H,3-4,7-8,10H2,(H,22,24). The third-order valence-corrected chi connectivity index (χ3v) is 4.48. The molecule has 126 valence electrons. The van der Waals surface area contributed by atoms with Gasteiger partial charge in [0.15, 0.2) is 0 Å². The maximum absolute atomic E-state index is 13.1. The maximum atomic E-state index is 13.1. The van der Waals surface area contributed by atoms with Gasteiger partial charge in [0.05, 0.1) is 11.2 Å². The van der Waals surface area contributed by atoms with Gasteiger partial charge in [0.2, 0.25) is 5.91 Å². The van der Waals surface area contributed by atoms with E-state index in [-0.39, 0.29) is 16.8 Å². The summed E-state index contributed by atoms with van der Waals surface area (Å²) in [6.45, 7) is 1.90. The van der Waals surface area contributed by atoms with Gasteiger partial charge in [-0.15, -0.1) is 0 Å². The van der Waals surface area contributed by atoms with E-state index in [1.54, 1.807) is 24.7 Å². The number of halogens is 2. The van der Waals surface area contributed by atoms with Crippen LogP contribution in [0, 0.1) is 11.7 Å². The Bertz CT molecular complexity index is 705. The second kappa shape index (κ2) is 7.57. The number of anilines is 1. The van der Waals surface area contributed by atoms with E-state index in [1.165, 1.54) is 12.1 Å². The lowest BCUT2D eigenvalue weighted by atomic mass is 9.96. The number of hydrogen-bond acceptors (Lipinski definition) is 4. The molecule has 1 amide bonds. The Hall–Kier alpha value is -2.21. The zero-order valence-electron chi connectivity index (χ0n) is 13.1. The number of hydrogen-bond donors (Lipinski definition) is 1. The van der Waals surface area contributed by atoms with E-state index in [9.17, 15) is 9.18 Å². The molecular formula is C17H18ClFN4O. The summed E-state index contributed by atoms with van der Waals surface area (Å²) in [7, 11) is 0. The van der Waals surface area contributed by atoms with Crippen LogP contribution in [-0.4, -0.2) is 29.0 Å². The summed E-state index contributed by atoms with van der Waals surface area (Å²) in [6.07, 6.45) is 6.59. The topological polar surface area (TPSA) is 58.1 Å². The SMILES string of the molecule is O=C(NCc1ccc(F)c(Cl)c1)C1CCN(c2cnccn2)CC1. The van der Waals surface area contributed by atoms with E-state index in [2.05, 4.69) is 20.2 Å². The fraction of sp³-hybridized carbons (Fsp3) is 0.353. The van der Waals surface area contributed by atoms with Crippen molar-refractivity contribution in [3.8, 4) is 0 Å². The van der Waals surface area contributed by atoms with Crippen molar-refractivity contribution in [2.24, 2.45) is 5.92 Å². The predicted octanol–water partition coefficient (Wildman–Crippen LogP) is 2.80. The Kier molecular flexibility index (Phi) is 5.25. The minimum Gasteiger partial charge on any atom is -0.355 e. The predicted molar refractivity (Wildman–Crippen MR) is 90.2 cm³/mol. The molecule has 5 nitrogen and oxygen atoms in total. The van der Waals surface area contributed by atoms with E-state index in [4.69, 9.17) is 11.6 Å². The number of rotatable bonds is 4. The van der Waals surface area contributed by atoms with E-state index >= 15 is 0 Å². The normalized spacial score (nSPS) is 15.3. The van der Waals surface area contributed by atoms with Crippen LogP contribution in [0.25, 0.3) is 0 Å². The van der Waals surface area contributed by atoms with Crippen molar-refractivity contribution in [2.45, 2.75) is 19.4 Å². The minimum absolute atomic E-state index is 0.0196. The first-order valence-corrected chi connectivity index (χ1v) is 8.24. The van der Waals surface area contributed by atoms with Gasteiger partial charge < -0.3 is 10.2 Å². The molecule has 0 atom stereocenters. The molecule has 2 aromatic rings. The van der Waals surface area contributed by atoms with Gasteiger partial charge in [0, 0.05) is 37.9 Å². The molecule has 1 aliphatic rings. The lowest BCUT2D eigenvalue weighted by Gasteiger charge is -2.31. The zero-order valence-corrected chi connectivity index (χ0v) is 13.8. The molecule has 0 spiro atoms. The van der Waals surface area contributed by atoms with Crippen LogP contribution in [0.2, 0.25) is 5.02 Å². The first kappa shape index (κ1) is 16.6. The second-order valence-corrected chi connectivity index (χ2v) is 6.20. The molecule has 0 radical (unpaired) electrons. The summed E-state index contributed by atoms with van der Waals surface area (Å²) in [5, 5.41) is 2.97. The molecule has 0 aliphatic carbocycles. The molecule has 0 unspecified atom stereocenters. The Morgan fingerprint density at radius 3 is 2.79 bits per heavy atom. The van der Waals surface area contributed by atoms with Gasteiger partial charge in [-0.25, -0.2) is 9.37 Å². The van der Waals surface area contributed by atoms with Crippen molar-refractivity contribution in [1.29, 1.82) is 0 Å². The van der Waals surface area contributed by atoms with Crippen LogP contribution in [0.5, 0.6) is 0 Å². The molecule has 0 saturated carbocycles. The van der Waals surface area contributed by atoms with E-state index in [1.807, 2.05) is 0 Å². The summed E-state index contributed by atoms with van der Waals surface area (Å²) in [5.41, 5.74) is 0.784. The van der Waals surface area contributed by atoms with Gasteiger partial charge in [-0.05, 0) is 30.5 Å². The fourth-order valence-corrected chi connectivity index (χ4v) is 3.01. The lowest BCUT2D eigenvalue weighted by Crippen LogP contribution is -2.40. The third-order valence-electron chi connectivity index (χ3n) is 4.19. The number of carbonyl (C=O) groups is 1. The van der Waals surface area contributed by atoms with Gasteiger partial charge in [0.25, 0.3) is 0 Å². The second-order valence-electron chi connectivity index (χ2n) is 5.79. The van der Waals surface area contributed by atoms with Crippen LogP contribution in [0.3, 0.4) is 0 Å². The summed E-state index contributed by atoms with van der Waals surface area (Å²) < 4.78 is 13.1. The maximum Gasteiger partial charge on any atom is 0.223 e. The van der Waals surface area contributed by atoms with Gasteiger partial charge in [-0.1, -0.05) is 17.7 Å². The van der Waals surface area contributed by atoms with Crippen molar-refractivity contribution in [3.05, 3.63) is 53.2 Å². The molecule has 7 heteroatoms. The highest BCUT2D eigenvalue weighted by Gasteiger charge is 2.25. The summed E-state index contributed by atoms with van der Waals surface area (Å²) >= 11 is 5.75. The van der Waals surface area contributed by atoms with Crippen molar-refractivity contribution in [2.75, 3.05) is 18.0 Å². The van der Waals surface area contributed by atoms with E-state index in [0.717, 1.165) is 37.3 Å². The molecule has 1 saturated heterocycles. The van der Waals surface area contributed by atoms with Gasteiger partial charge >= 0.3 is 0 Å². The summed E-state index contributed by atoms with van der Waals surface area (Å²) in [5.74, 6) is 0.392. The van der Waals surface area contributed by atoms with Crippen molar-refractivity contribution in [3.63, 3.8) is 0 Å². The molecule has 2 heterocycles. The molecule has 1 N–H and O–H groups in total. The summed E-state index contributed by atoms with van der Waals surface area (Å²) in [6, 6.07) is 4.47. The van der Waals surface area contributed by atoms with E-state index < -0.39 is 5.82 Å². The Labute approximate surface area is 144 Å². The number of nitrogens with zero attached hydrogens (tertiary/aromatic N) is 3. The van der Waals surface area contributed by atoms with Crippen LogP contribution in [0.15, 0.2) is 36.8 Å². The third kappa shape index (κ3) is 4.00. The smallest absolute Gasteiger partial charge is 0.223 e. The first-order chi connectivity index (χ1) is 11.6. The van der Waals surface area contributed by atoms with E-state index in [0.29, 0.717) is 6.54 Å². The lowest BCUT2D eigenvalue weighted by molar-refractivity contribution is -0.125. The molecule has 1 aromatic heterocycles. The Balaban J connectivity index is 1.49. The molecule has 1 aliphatic heterocycles. The molecule has 0 bridgehead atoms. The average Bonchev–Trinajstić information content (AvgIpc) is 2.63. The van der Waals surface area contributed by atoms with Crippen molar-refractivity contribution < 1.29 is 9.18 Å². The van der Waals surface area contributed by atoms with Gasteiger partial charge in [0.1, 0.15) is 11.6 Å². The largest absolute Gasteiger partial charge is 0.355 e. The van der Waals surface area contributed by atoms with Crippen LogP contribution in [-0.2, 0) is 11.3 Å². The molecule has 3 rings (SSSR count). The van der Waals surface area contributed by atoms with Crippen LogP contribution in [0.1, 0.15) is 18.4 Å². The quantitative estimate of drug-likeness (QED) is 0.923. The van der Waals surface area contributed by atoms with Crippen molar-refractivity contribution >= 4 is 23.3 Å². The van der Waals surface area contributed by atoms with Crippen molar-refractivity contribution in [1.82, 2.24) is 15.3 Å². The number of nitrogens with one attached hydrogen (secondary N) is 1. The highest BCUT2D eigenvalue weighted by Crippen LogP contribution is 2.21. The number of carbonyl (C=O) groups excluding carboxylic acids is 1. The number of piperidine rings is 1. The molecule has 1 aromatic carbocycles. The highest BCUT2D eigenvalue weighted by atomic mass is 35.5. The Morgan fingerprint density at radius 1 is 1.33 bits per heavy atom. The van der Waals surface area contributed by atoms with Gasteiger partial charge in [-0.2, -0.15) is 0 Å². The minimum atomic E-state index is -0.455. The van der Waals surface area contributed by atoms with Gasteiger partial charge in [-0.3, -0.25) is 9.78 Å². The number of aromatic nitrogens is 2. The highest BCUT2D eigenvalue weighted by molar-refractivity contribution is 6.30. The number of amides is 1. The molecule has 1 fully saturated rings. The molecular weight excluding hydrogens is 331 g/mol. The first-order valence-electron chi connectivity index (χ1n) is 7.86. The number of benzene rings is 1. The Morgan fingerprint density at radius 2 is 2.12 bits per heavy atom. The van der Waals surface area contributed by atoms with Crippen LogP contribution >= 0.6 is 11.6 Å². The monoisotopic (exact) mass is 348 g/mol. The zero-order chi connectivity index (χ0) is 16.9. The average molecular weight is 349 g/mol. The van der Waals surface area contributed by atoms with Crippen LogP contribution in [0.4, 0.5) is 10.2 Å². The summed E-state index contributed by atoms with van der Waals surface area (Å²) in [4.78, 5) is 22.8. The molecule has 24 heavy (non-hydrogen) atoms. The van der Waals surface area contributed by atoms with Crippen LogP contribution < -0.4 is 10.2 Å². The fourth-order valence-electron chi connectivity index (χ4n) is 2.81.